The molecule has 6 N–H and O–H groups in total. The number of aromatic amines is 1. The van der Waals surface area contributed by atoms with Crippen LogP contribution in [0.5, 0.6) is 5.75 Å². The van der Waals surface area contributed by atoms with Gasteiger partial charge in [-0.25, -0.2) is 0 Å². The molecule has 0 amide bonds. The number of nitrogens with one attached hydrogen (secondary N) is 2. The molecule has 0 radical (unpaired) electrons. The summed E-state index contributed by atoms with van der Waals surface area (Å²) in [5.41, 5.74) is 10.7. The molecule has 9 heteroatoms. The fraction of sp³-hybridized carbons (Fsp3) is 0.300. The van der Waals surface area contributed by atoms with Gasteiger partial charge < -0.3 is 25.1 Å². The van der Waals surface area contributed by atoms with Crippen molar-refractivity contribution < 1.29 is 22.8 Å². The van der Waals surface area contributed by atoms with Crippen LogP contribution in [0.2, 0.25) is 0 Å². The summed E-state index contributed by atoms with van der Waals surface area (Å²) in [6.45, 7) is 0.325. The summed E-state index contributed by atoms with van der Waals surface area (Å²) in [4.78, 5) is 3.34. The molecule has 0 saturated carbocycles. The summed E-state index contributed by atoms with van der Waals surface area (Å²) < 4.78 is 28.2. The normalized spacial score (nSPS) is 17.4. The average Bonchev–Trinajstić information content (AvgIpc) is 3.25. The lowest BCUT2D eigenvalue weighted by molar-refractivity contribution is 0.152. The lowest BCUT2D eigenvalue weighted by Crippen LogP contribution is -2.11. The van der Waals surface area contributed by atoms with Gasteiger partial charge in [-0.15, -0.1) is 0 Å². The van der Waals surface area contributed by atoms with Crippen LogP contribution < -0.4 is 15.2 Å². The summed E-state index contributed by atoms with van der Waals surface area (Å²) >= 11 is 0. The quantitative estimate of drug-likeness (QED) is 0.385. The Hall–Kier alpha value is -2.43. The molecule has 0 saturated heterocycles. The minimum absolute atomic E-state index is 0.0243. The first-order valence-corrected chi connectivity index (χ1v) is 11.0. The van der Waals surface area contributed by atoms with Crippen molar-refractivity contribution in [1.29, 1.82) is 0 Å². The summed E-state index contributed by atoms with van der Waals surface area (Å²) in [5, 5.41) is 23.4. The van der Waals surface area contributed by atoms with Crippen molar-refractivity contribution in [2.45, 2.75) is 25.2 Å². The molecule has 4 rings (SSSR count). The first kappa shape index (κ1) is 19.9. The second-order valence-electron chi connectivity index (χ2n) is 7.22. The van der Waals surface area contributed by atoms with E-state index in [1.54, 1.807) is 12.1 Å². The summed E-state index contributed by atoms with van der Waals surface area (Å²) in [5.74, 6) is 0.212. The van der Waals surface area contributed by atoms with Gasteiger partial charge in [-0.2, -0.15) is 8.42 Å². The molecule has 2 heterocycles. The predicted molar refractivity (Wildman–Crippen MR) is 110 cm³/mol. The van der Waals surface area contributed by atoms with Gasteiger partial charge in [0.2, 0.25) is 0 Å². The Morgan fingerprint density at radius 3 is 2.79 bits per heavy atom. The van der Waals surface area contributed by atoms with Crippen molar-refractivity contribution in [3.63, 3.8) is 0 Å². The number of hydrogen-bond acceptors (Lipinski definition) is 7. The van der Waals surface area contributed by atoms with Gasteiger partial charge in [0.1, 0.15) is 12.0 Å². The van der Waals surface area contributed by atoms with Crippen LogP contribution in [0.25, 0.3) is 22.2 Å². The molecule has 0 bridgehead atoms. The zero-order valence-corrected chi connectivity index (χ0v) is 16.7. The molecule has 29 heavy (non-hydrogen) atoms. The van der Waals surface area contributed by atoms with Crippen molar-refractivity contribution in [2.24, 2.45) is 5.73 Å². The predicted octanol–water partition coefficient (Wildman–Crippen LogP) is 1.65. The highest BCUT2D eigenvalue weighted by molar-refractivity contribution is 7.86. The Morgan fingerprint density at radius 1 is 1.28 bits per heavy atom. The Balaban J connectivity index is 1.79. The number of rotatable bonds is 6. The smallest absolute Gasteiger partial charge is 0.306 e. The van der Waals surface area contributed by atoms with Gasteiger partial charge in [-0.05, 0) is 42.3 Å². The van der Waals surface area contributed by atoms with Gasteiger partial charge in [0.15, 0.2) is 0 Å². The third-order valence-electron chi connectivity index (χ3n) is 5.10. The van der Waals surface area contributed by atoms with Gasteiger partial charge in [-0.1, -0.05) is 6.07 Å². The number of benzene rings is 2. The van der Waals surface area contributed by atoms with Gasteiger partial charge >= 0.3 is 10.1 Å². The van der Waals surface area contributed by atoms with Gasteiger partial charge in [0.05, 0.1) is 6.26 Å². The van der Waals surface area contributed by atoms with Crippen LogP contribution in [-0.2, 0) is 16.7 Å². The van der Waals surface area contributed by atoms with Gasteiger partial charge in [-0.3, -0.25) is 5.32 Å². The van der Waals surface area contributed by atoms with E-state index >= 15 is 0 Å². The van der Waals surface area contributed by atoms with Crippen LogP contribution in [0, 0.1) is 0 Å². The summed E-state index contributed by atoms with van der Waals surface area (Å²) in [7, 11) is -3.68. The highest BCUT2D eigenvalue weighted by atomic mass is 32.2. The van der Waals surface area contributed by atoms with E-state index in [0.717, 1.165) is 34.0 Å². The van der Waals surface area contributed by atoms with Crippen LogP contribution in [0.15, 0.2) is 36.4 Å². The fourth-order valence-corrected chi connectivity index (χ4v) is 4.23. The van der Waals surface area contributed by atoms with E-state index in [1.165, 1.54) is 0 Å². The van der Waals surface area contributed by atoms with Gasteiger partial charge in [0.25, 0.3) is 0 Å². The SMILES string of the molecule is CS(=O)(=O)Oc1ccc(-c2cc3cc(C(N)CCO)ccc3[nH]2)c2c1CNC2O. The Morgan fingerprint density at radius 2 is 2.07 bits per heavy atom. The zero-order valence-electron chi connectivity index (χ0n) is 15.8. The molecule has 154 valence electrons. The van der Waals surface area contributed by atoms with E-state index in [-0.39, 0.29) is 18.4 Å². The number of aliphatic hydroxyl groups is 2. The Kier molecular flexibility index (Phi) is 5.09. The maximum Gasteiger partial charge on any atom is 0.306 e. The number of aliphatic hydroxyl groups excluding tert-OH is 2. The standard InChI is InChI=1S/C20H23N3O5S/c1-29(26,27)28-18-5-3-13(19-14(18)10-22-20(19)25)17-9-12-8-11(15(21)6-7-24)2-4-16(12)23-17/h2-5,8-9,15,20,22-25H,6-7,10,21H2,1H3. The van der Waals surface area contributed by atoms with Crippen LogP contribution in [0.4, 0.5) is 0 Å². The molecule has 0 aliphatic carbocycles. The molecule has 1 aliphatic heterocycles. The monoisotopic (exact) mass is 417 g/mol. The number of nitrogens with two attached hydrogens (primary N) is 1. The van der Waals surface area contributed by atoms with Gasteiger partial charge in [0, 0.05) is 52.5 Å². The lowest BCUT2D eigenvalue weighted by atomic mass is 9.99. The Bertz CT molecular complexity index is 1170. The number of aromatic nitrogens is 1. The molecule has 1 aliphatic rings. The van der Waals surface area contributed by atoms with Crippen LogP contribution in [0.3, 0.4) is 0 Å². The maximum absolute atomic E-state index is 11.6. The molecule has 0 spiro atoms. The molecule has 2 unspecified atom stereocenters. The highest BCUT2D eigenvalue weighted by Crippen LogP contribution is 2.40. The maximum atomic E-state index is 11.6. The van der Waals surface area contributed by atoms with Crippen molar-refractivity contribution in [3.05, 3.63) is 53.1 Å². The molecule has 2 atom stereocenters. The van der Waals surface area contributed by atoms with E-state index < -0.39 is 16.3 Å². The molecule has 2 aromatic carbocycles. The fourth-order valence-electron chi connectivity index (χ4n) is 3.75. The molecular formula is C20H23N3O5S. The van der Waals surface area contributed by atoms with E-state index in [0.29, 0.717) is 24.1 Å². The van der Waals surface area contributed by atoms with Crippen molar-refractivity contribution >= 4 is 21.0 Å². The molecule has 3 aromatic rings. The van der Waals surface area contributed by atoms with Crippen molar-refractivity contribution in [3.8, 4) is 17.0 Å². The molecule has 0 fully saturated rings. The van der Waals surface area contributed by atoms with E-state index in [4.69, 9.17) is 15.0 Å². The minimum atomic E-state index is -3.68. The first-order valence-electron chi connectivity index (χ1n) is 9.23. The minimum Gasteiger partial charge on any atom is -0.396 e. The second-order valence-corrected chi connectivity index (χ2v) is 8.80. The van der Waals surface area contributed by atoms with Crippen LogP contribution in [0.1, 0.15) is 35.4 Å². The topological polar surface area (TPSA) is 138 Å². The second kappa shape index (κ2) is 7.43. The van der Waals surface area contributed by atoms with E-state index in [2.05, 4.69) is 10.3 Å². The third kappa shape index (κ3) is 3.87. The lowest BCUT2D eigenvalue weighted by Gasteiger charge is -2.13. The molecule has 8 nitrogen and oxygen atoms in total. The van der Waals surface area contributed by atoms with Crippen LogP contribution in [-0.4, -0.2) is 36.5 Å². The van der Waals surface area contributed by atoms with E-state index in [9.17, 15) is 13.5 Å². The largest absolute Gasteiger partial charge is 0.396 e. The zero-order chi connectivity index (χ0) is 20.8. The van der Waals surface area contributed by atoms with Crippen LogP contribution >= 0.6 is 0 Å². The first-order chi connectivity index (χ1) is 13.8. The van der Waals surface area contributed by atoms with Crippen molar-refractivity contribution in [1.82, 2.24) is 10.3 Å². The number of H-pyrrole nitrogens is 1. The third-order valence-corrected chi connectivity index (χ3v) is 5.59. The van der Waals surface area contributed by atoms with E-state index in [1.807, 2.05) is 24.3 Å². The summed E-state index contributed by atoms with van der Waals surface area (Å²) in [6.07, 6.45) is 0.543. The number of hydrogen-bond donors (Lipinski definition) is 5. The molecular weight excluding hydrogens is 394 g/mol. The highest BCUT2D eigenvalue weighted by Gasteiger charge is 2.28. The average molecular weight is 417 g/mol. The summed E-state index contributed by atoms with van der Waals surface area (Å²) in [6, 6.07) is 10.9. The molecule has 1 aromatic heterocycles. The Labute approximate surface area is 168 Å². The van der Waals surface area contributed by atoms with Crippen molar-refractivity contribution in [2.75, 3.05) is 12.9 Å². The number of fused-ring (bicyclic) bond motifs is 2.